The van der Waals surface area contributed by atoms with Crippen LogP contribution in [-0.4, -0.2) is 72.6 Å². The highest BCUT2D eigenvalue weighted by molar-refractivity contribution is 5.77. The fourth-order valence-electron chi connectivity index (χ4n) is 4.36. The number of benzene rings is 1. The van der Waals surface area contributed by atoms with E-state index in [1.54, 1.807) is 36.1 Å². The predicted molar refractivity (Wildman–Crippen MR) is 133 cm³/mol. The molecule has 1 unspecified atom stereocenters. The summed E-state index contributed by atoms with van der Waals surface area (Å²) in [6.07, 6.45) is -2.16. The van der Waals surface area contributed by atoms with Crippen molar-refractivity contribution < 1.29 is 27.4 Å². The van der Waals surface area contributed by atoms with Crippen LogP contribution >= 0.6 is 0 Å². The first-order chi connectivity index (χ1) is 17.6. The third-order valence-corrected chi connectivity index (χ3v) is 6.22. The van der Waals surface area contributed by atoms with Crippen molar-refractivity contribution in [3.05, 3.63) is 51.9 Å². The van der Waals surface area contributed by atoms with Gasteiger partial charge in [0.2, 0.25) is 5.91 Å². The molecule has 1 aromatic heterocycles. The van der Waals surface area contributed by atoms with Crippen molar-refractivity contribution in [3.63, 3.8) is 0 Å². The molecule has 1 aromatic carbocycles. The molecule has 2 aromatic rings. The van der Waals surface area contributed by atoms with E-state index in [1.807, 2.05) is 6.92 Å². The van der Waals surface area contributed by atoms with Gasteiger partial charge in [-0.1, -0.05) is 12.1 Å². The van der Waals surface area contributed by atoms with Gasteiger partial charge in [0.1, 0.15) is 17.9 Å². The second kappa shape index (κ2) is 12.9. The largest absolute Gasteiger partial charge is 0.497 e. The number of halogens is 3. The Bertz CT molecular complexity index is 1090. The summed E-state index contributed by atoms with van der Waals surface area (Å²) in [6.45, 7) is 5.46. The lowest BCUT2D eigenvalue weighted by atomic mass is 10.0. The zero-order valence-electron chi connectivity index (χ0n) is 21.3. The van der Waals surface area contributed by atoms with E-state index in [2.05, 4.69) is 15.7 Å². The third-order valence-electron chi connectivity index (χ3n) is 6.22. The molecule has 9 nitrogen and oxygen atoms in total. The van der Waals surface area contributed by atoms with Crippen LogP contribution in [0.1, 0.15) is 37.8 Å². The standard InChI is InChI=1S/C25H34F3N5O4/c1-4-32(19-9-11-29-12-10-19)22(34)16-37-15-17(2)31-21-13-30-33(24(35)23(21)25(26,27)28)14-18-5-7-20(36-3)8-6-18/h5-8,13,17,19,29,31H,4,9-12,14-16H2,1-3H3. The summed E-state index contributed by atoms with van der Waals surface area (Å²) in [5, 5.41) is 9.88. The Morgan fingerprint density at radius 1 is 1.27 bits per heavy atom. The lowest BCUT2D eigenvalue weighted by Gasteiger charge is -2.34. The van der Waals surface area contributed by atoms with Crippen LogP contribution in [0.25, 0.3) is 0 Å². The summed E-state index contributed by atoms with van der Waals surface area (Å²) < 4.78 is 52.9. The van der Waals surface area contributed by atoms with Crippen LogP contribution in [0.4, 0.5) is 18.9 Å². The second-order valence-corrected chi connectivity index (χ2v) is 8.96. The van der Waals surface area contributed by atoms with Gasteiger partial charge in [0.05, 0.1) is 32.1 Å². The van der Waals surface area contributed by atoms with Gasteiger partial charge in [-0.25, -0.2) is 4.68 Å². The lowest BCUT2D eigenvalue weighted by Crippen LogP contribution is -2.47. The van der Waals surface area contributed by atoms with Crippen molar-refractivity contribution in [2.75, 3.05) is 45.3 Å². The first-order valence-electron chi connectivity index (χ1n) is 12.3. The number of anilines is 1. The summed E-state index contributed by atoms with van der Waals surface area (Å²) in [7, 11) is 1.50. The number of likely N-dealkylation sites (N-methyl/N-ethyl adjacent to an activating group) is 1. The van der Waals surface area contributed by atoms with Gasteiger partial charge in [0, 0.05) is 18.6 Å². The maximum Gasteiger partial charge on any atom is 0.423 e. The predicted octanol–water partition coefficient (Wildman–Crippen LogP) is 2.74. The van der Waals surface area contributed by atoms with Gasteiger partial charge in [-0.05, 0) is 57.5 Å². The van der Waals surface area contributed by atoms with Crippen LogP contribution < -0.4 is 20.9 Å². The molecule has 37 heavy (non-hydrogen) atoms. The summed E-state index contributed by atoms with van der Waals surface area (Å²) in [5.74, 6) is 0.437. The molecular formula is C25H34F3N5O4. The molecular weight excluding hydrogens is 491 g/mol. The molecule has 12 heteroatoms. The van der Waals surface area contributed by atoms with Crippen LogP contribution in [0, 0.1) is 0 Å². The minimum Gasteiger partial charge on any atom is -0.497 e. The van der Waals surface area contributed by atoms with Gasteiger partial charge in [-0.3, -0.25) is 9.59 Å². The number of methoxy groups -OCH3 is 1. The van der Waals surface area contributed by atoms with Crippen molar-refractivity contribution in [1.82, 2.24) is 20.0 Å². The Hall–Kier alpha value is -3.12. The highest BCUT2D eigenvalue weighted by Crippen LogP contribution is 2.32. The van der Waals surface area contributed by atoms with Gasteiger partial charge < -0.3 is 25.0 Å². The number of hydrogen-bond donors (Lipinski definition) is 2. The number of carbonyl (C=O) groups excluding carboxylic acids is 1. The normalized spacial score (nSPS) is 15.3. The first kappa shape index (κ1) is 28.5. The third kappa shape index (κ3) is 7.68. The number of rotatable bonds is 11. The molecule has 1 aliphatic rings. The summed E-state index contributed by atoms with van der Waals surface area (Å²) >= 11 is 0. The average Bonchev–Trinajstić information content (AvgIpc) is 2.86. The number of alkyl halides is 3. The van der Waals surface area contributed by atoms with Crippen molar-refractivity contribution >= 4 is 11.6 Å². The van der Waals surface area contributed by atoms with Crippen LogP contribution in [0.2, 0.25) is 0 Å². The van der Waals surface area contributed by atoms with Crippen molar-refractivity contribution in [2.24, 2.45) is 0 Å². The molecule has 2 N–H and O–H groups in total. The fourth-order valence-corrected chi connectivity index (χ4v) is 4.36. The molecule has 1 fully saturated rings. The Kier molecular flexibility index (Phi) is 9.93. The lowest BCUT2D eigenvalue weighted by molar-refractivity contribution is -0.139. The monoisotopic (exact) mass is 525 g/mol. The topological polar surface area (TPSA) is 97.7 Å². The van der Waals surface area contributed by atoms with Gasteiger partial charge in [-0.2, -0.15) is 18.3 Å². The number of amides is 1. The molecule has 3 rings (SSSR count). The number of nitrogens with one attached hydrogen (secondary N) is 2. The molecule has 204 valence electrons. The van der Waals surface area contributed by atoms with Gasteiger partial charge in [0.25, 0.3) is 5.56 Å². The number of hydrogen-bond acceptors (Lipinski definition) is 7. The number of carbonyl (C=O) groups is 1. The molecule has 1 amide bonds. The van der Waals surface area contributed by atoms with Crippen molar-refractivity contribution in [2.45, 2.75) is 51.5 Å². The number of ether oxygens (including phenoxy) is 2. The first-order valence-corrected chi connectivity index (χ1v) is 12.3. The quantitative estimate of drug-likeness (QED) is 0.466. The Morgan fingerprint density at radius 2 is 1.95 bits per heavy atom. The average molecular weight is 526 g/mol. The molecule has 2 heterocycles. The fraction of sp³-hybridized carbons (Fsp3) is 0.560. The van der Waals surface area contributed by atoms with E-state index in [9.17, 15) is 22.8 Å². The van der Waals surface area contributed by atoms with Crippen LogP contribution in [0.15, 0.2) is 35.3 Å². The smallest absolute Gasteiger partial charge is 0.423 e. The molecule has 0 saturated carbocycles. The highest BCUT2D eigenvalue weighted by atomic mass is 19.4. The summed E-state index contributed by atoms with van der Waals surface area (Å²) in [6, 6.07) is 6.15. The minimum absolute atomic E-state index is 0.0260. The van der Waals surface area contributed by atoms with E-state index in [1.165, 1.54) is 7.11 Å². The van der Waals surface area contributed by atoms with E-state index < -0.39 is 29.0 Å². The van der Waals surface area contributed by atoms with E-state index in [4.69, 9.17) is 9.47 Å². The van der Waals surface area contributed by atoms with Crippen LogP contribution in [-0.2, 0) is 22.3 Å². The maximum atomic E-state index is 13.9. The minimum atomic E-state index is -4.89. The molecule has 0 spiro atoms. The summed E-state index contributed by atoms with van der Waals surface area (Å²) in [4.78, 5) is 27.1. The zero-order chi connectivity index (χ0) is 27.0. The van der Waals surface area contributed by atoms with Gasteiger partial charge in [0.15, 0.2) is 0 Å². The van der Waals surface area contributed by atoms with Crippen molar-refractivity contribution in [3.8, 4) is 5.75 Å². The second-order valence-electron chi connectivity index (χ2n) is 8.96. The van der Waals surface area contributed by atoms with E-state index in [-0.39, 0.29) is 31.7 Å². The Labute approximate surface area is 213 Å². The van der Waals surface area contributed by atoms with Crippen molar-refractivity contribution in [1.29, 1.82) is 0 Å². The maximum absolute atomic E-state index is 13.9. The molecule has 1 aliphatic heterocycles. The van der Waals surface area contributed by atoms with Gasteiger partial charge in [-0.15, -0.1) is 0 Å². The van der Waals surface area contributed by atoms with Crippen LogP contribution in [0.5, 0.6) is 5.75 Å². The summed E-state index contributed by atoms with van der Waals surface area (Å²) in [5.41, 5.74) is -2.42. The van der Waals surface area contributed by atoms with E-state index in [0.29, 0.717) is 17.9 Å². The van der Waals surface area contributed by atoms with E-state index in [0.717, 1.165) is 36.8 Å². The zero-order valence-corrected chi connectivity index (χ0v) is 21.3. The molecule has 0 bridgehead atoms. The van der Waals surface area contributed by atoms with E-state index >= 15 is 0 Å². The molecule has 0 radical (unpaired) electrons. The molecule has 1 saturated heterocycles. The Morgan fingerprint density at radius 3 is 2.54 bits per heavy atom. The van der Waals surface area contributed by atoms with Crippen LogP contribution in [0.3, 0.4) is 0 Å². The SMILES string of the molecule is CCN(C(=O)COCC(C)Nc1cnn(Cc2ccc(OC)cc2)c(=O)c1C(F)(F)F)C1CCNCC1. The number of piperidine rings is 1. The number of nitrogens with zero attached hydrogens (tertiary/aromatic N) is 3. The number of aromatic nitrogens is 2. The molecule has 1 atom stereocenters. The Balaban J connectivity index is 1.64. The van der Waals surface area contributed by atoms with Gasteiger partial charge >= 0.3 is 6.18 Å². The highest BCUT2D eigenvalue weighted by Gasteiger charge is 2.38. The molecule has 0 aliphatic carbocycles.